The quantitative estimate of drug-likeness (QED) is 0.722. The van der Waals surface area contributed by atoms with Gasteiger partial charge in [-0.25, -0.2) is 0 Å². The summed E-state index contributed by atoms with van der Waals surface area (Å²) < 4.78 is 0. The molecule has 4 nitrogen and oxygen atoms in total. The maximum absolute atomic E-state index is 12.8. The molecule has 1 atom stereocenters. The molecule has 144 valence electrons. The Morgan fingerprint density at radius 1 is 1.07 bits per heavy atom. The molecular weight excluding hydrogens is 380 g/mol. The van der Waals surface area contributed by atoms with Crippen LogP contribution in [0, 0.1) is 6.92 Å². The third-order valence-corrected chi connectivity index (χ3v) is 5.54. The summed E-state index contributed by atoms with van der Waals surface area (Å²) in [5.74, 6) is 0.814. The van der Waals surface area contributed by atoms with Gasteiger partial charge in [0.1, 0.15) is 6.04 Å². The Morgan fingerprint density at radius 2 is 1.67 bits per heavy atom. The molecule has 0 heterocycles. The second-order valence-electron chi connectivity index (χ2n) is 6.42. The van der Waals surface area contributed by atoms with Gasteiger partial charge in [-0.1, -0.05) is 53.6 Å². The standard InChI is InChI=1S/C21H25ClN2O2S/c1-15-4-6-17(7-5-15)12-24(16(2)21(26)23-3)20(25)14-27-13-18-8-10-19(22)11-9-18/h4-11,16H,12-14H2,1-3H3,(H,23,26). The van der Waals surface area contributed by atoms with E-state index in [4.69, 9.17) is 11.6 Å². The van der Waals surface area contributed by atoms with Crippen LogP contribution < -0.4 is 5.32 Å². The molecule has 1 unspecified atom stereocenters. The lowest BCUT2D eigenvalue weighted by molar-refractivity contribution is -0.138. The predicted octanol–water partition coefficient (Wildman–Crippen LogP) is 4.04. The molecule has 0 aromatic heterocycles. The van der Waals surface area contributed by atoms with E-state index in [-0.39, 0.29) is 11.8 Å². The largest absolute Gasteiger partial charge is 0.357 e. The van der Waals surface area contributed by atoms with Gasteiger partial charge in [-0.2, -0.15) is 0 Å². The summed E-state index contributed by atoms with van der Waals surface area (Å²) in [5, 5.41) is 3.33. The van der Waals surface area contributed by atoms with Crippen LogP contribution in [-0.2, 0) is 21.9 Å². The van der Waals surface area contributed by atoms with E-state index in [9.17, 15) is 9.59 Å². The normalized spacial score (nSPS) is 11.7. The van der Waals surface area contributed by atoms with Crippen molar-refractivity contribution in [3.63, 3.8) is 0 Å². The zero-order valence-electron chi connectivity index (χ0n) is 15.9. The van der Waals surface area contributed by atoms with E-state index in [1.54, 1.807) is 18.9 Å². The molecule has 0 saturated carbocycles. The first kappa shape index (κ1) is 21.3. The topological polar surface area (TPSA) is 49.4 Å². The van der Waals surface area contributed by atoms with Gasteiger partial charge in [0, 0.05) is 24.4 Å². The van der Waals surface area contributed by atoms with Crippen molar-refractivity contribution >= 4 is 35.2 Å². The Balaban J connectivity index is 2.02. The number of hydrogen-bond acceptors (Lipinski definition) is 3. The molecule has 2 rings (SSSR count). The number of aryl methyl sites for hydroxylation is 1. The molecule has 1 N–H and O–H groups in total. The molecule has 0 saturated heterocycles. The lowest BCUT2D eigenvalue weighted by Crippen LogP contribution is -2.47. The van der Waals surface area contributed by atoms with Crippen LogP contribution in [0.25, 0.3) is 0 Å². The molecule has 2 aromatic carbocycles. The lowest BCUT2D eigenvalue weighted by Gasteiger charge is -2.28. The number of carbonyl (C=O) groups excluding carboxylic acids is 2. The SMILES string of the molecule is CNC(=O)C(C)N(Cc1ccc(C)cc1)C(=O)CSCc1ccc(Cl)cc1. The first-order valence-electron chi connectivity index (χ1n) is 8.79. The van der Waals surface area contributed by atoms with Gasteiger partial charge >= 0.3 is 0 Å². The average Bonchev–Trinajstić information content (AvgIpc) is 2.67. The van der Waals surface area contributed by atoms with Crippen LogP contribution in [0.1, 0.15) is 23.6 Å². The molecule has 27 heavy (non-hydrogen) atoms. The van der Waals surface area contributed by atoms with Crippen LogP contribution in [0.15, 0.2) is 48.5 Å². The molecule has 0 spiro atoms. The minimum atomic E-state index is -0.528. The van der Waals surface area contributed by atoms with Crippen LogP contribution >= 0.6 is 23.4 Å². The van der Waals surface area contributed by atoms with Crippen molar-refractivity contribution in [2.24, 2.45) is 0 Å². The molecule has 0 aliphatic rings. The van der Waals surface area contributed by atoms with Crippen LogP contribution in [0.3, 0.4) is 0 Å². The molecule has 2 amide bonds. The first-order chi connectivity index (χ1) is 12.9. The number of carbonyl (C=O) groups is 2. The number of amides is 2. The van der Waals surface area contributed by atoms with Crippen molar-refractivity contribution in [2.75, 3.05) is 12.8 Å². The van der Waals surface area contributed by atoms with Crippen LogP contribution in [0.5, 0.6) is 0 Å². The van der Waals surface area contributed by atoms with Crippen molar-refractivity contribution in [1.82, 2.24) is 10.2 Å². The Hall–Kier alpha value is -1.98. The number of thioether (sulfide) groups is 1. The molecule has 2 aromatic rings. The summed E-state index contributed by atoms with van der Waals surface area (Å²) in [4.78, 5) is 26.6. The zero-order chi connectivity index (χ0) is 19.8. The lowest BCUT2D eigenvalue weighted by atomic mass is 10.1. The second kappa shape index (κ2) is 10.4. The summed E-state index contributed by atoms with van der Waals surface area (Å²) in [6.07, 6.45) is 0. The number of rotatable bonds is 8. The van der Waals surface area contributed by atoms with E-state index >= 15 is 0 Å². The third-order valence-electron chi connectivity index (χ3n) is 4.29. The number of halogens is 1. The van der Waals surface area contributed by atoms with Gasteiger partial charge in [-0.15, -0.1) is 11.8 Å². The Kier molecular flexibility index (Phi) is 8.20. The van der Waals surface area contributed by atoms with Gasteiger partial charge in [-0.05, 0) is 37.1 Å². The Bertz CT molecular complexity index is 763. The van der Waals surface area contributed by atoms with Gasteiger partial charge in [0.15, 0.2) is 0 Å². The molecule has 0 bridgehead atoms. The number of benzene rings is 2. The number of likely N-dealkylation sites (N-methyl/N-ethyl adjacent to an activating group) is 1. The van der Waals surface area contributed by atoms with Gasteiger partial charge in [0.2, 0.25) is 11.8 Å². The van der Waals surface area contributed by atoms with Crippen LogP contribution in [0.4, 0.5) is 0 Å². The summed E-state index contributed by atoms with van der Waals surface area (Å²) in [7, 11) is 1.59. The maximum atomic E-state index is 12.8. The van der Waals surface area contributed by atoms with E-state index in [1.807, 2.05) is 55.5 Å². The average molecular weight is 405 g/mol. The number of nitrogens with one attached hydrogen (secondary N) is 1. The van der Waals surface area contributed by atoms with Crippen molar-refractivity contribution < 1.29 is 9.59 Å². The molecular formula is C21H25ClN2O2S. The van der Waals surface area contributed by atoms with Crippen molar-refractivity contribution in [1.29, 1.82) is 0 Å². The monoisotopic (exact) mass is 404 g/mol. The fourth-order valence-corrected chi connectivity index (χ4v) is 3.60. The summed E-state index contributed by atoms with van der Waals surface area (Å²) in [6.45, 7) is 4.19. The third kappa shape index (κ3) is 6.60. The van der Waals surface area contributed by atoms with Gasteiger partial charge in [0.25, 0.3) is 0 Å². The fourth-order valence-electron chi connectivity index (χ4n) is 2.60. The number of nitrogens with zero attached hydrogens (tertiary/aromatic N) is 1. The molecule has 0 radical (unpaired) electrons. The van der Waals surface area contributed by atoms with Gasteiger partial charge < -0.3 is 10.2 Å². The Labute approximate surface area is 170 Å². The molecule has 0 fully saturated rings. The molecule has 6 heteroatoms. The van der Waals surface area contributed by atoms with Gasteiger partial charge in [0.05, 0.1) is 5.75 Å². The minimum absolute atomic E-state index is 0.0503. The first-order valence-corrected chi connectivity index (χ1v) is 10.3. The van der Waals surface area contributed by atoms with E-state index in [0.717, 1.165) is 22.4 Å². The highest BCUT2D eigenvalue weighted by Gasteiger charge is 2.25. The number of hydrogen-bond donors (Lipinski definition) is 1. The second-order valence-corrected chi connectivity index (χ2v) is 7.84. The van der Waals surface area contributed by atoms with Crippen molar-refractivity contribution in [2.45, 2.75) is 32.2 Å². The molecule has 0 aliphatic heterocycles. The van der Waals surface area contributed by atoms with Crippen LogP contribution in [0.2, 0.25) is 5.02 Å². The summed E-state index contributed by atoms with van der Waals surface area (Å²) >= 11 is 7.43. The predicted molar refractivity (Wildman–Crippen MR) is 113 cm³/mol. The van der Waals surface area contributed by atoms with E-state index in [1.165, 1.54) is 11.8 Å². The molecule has 0 aliphatic carbocycles. The minimum Gasteiger partial charge on any atom is -0.357 e. The van der Waals surface area contributed by atoms with Crippen molar-refractivity contribution in [3.05, 3.63) is 70.2 Å². The highest BCUT2D eigenvalue weighted by atomic mass is 35.5. The zero-order valence-corrected chi connectivity index (χ0v) is 17.4. The smallest absolute Gasteiger partial charge is 0.242 e. The highest BCUT2D eigenvalue weighted by Crippen LogP contribution is 2.18. The Morgan fingerprint density at radius 3 is 2.26 bits per heavy atom. The summed E-state index contributed by atoms with van der Waals surface area (Å²) in [6, 6.07) is 15.1. The van der Waals surface area contributed by atoms with E-state index < -0.39 is 6.04 Å². The van der Waals surface area contributed by atoms with Crippen molar-refractivity contribution in [3.8, 4) is 0 Å². The fraction of sp³-hybridized carbons (Fsp3) is 0.333. The van der Waals surface area contributed by atoms with E-state index in [2.05, 4.69) is 5.32 Å². The van der Waals surface area contributed by atoms with Gasteiger partial charge in [-0.3, -0.25) is 9.59 Å². The van der Waals surface area contributed by atoms with Crippen LogP contribution in [-0.4, -0.2) is 35.6 Å². The van der Waals surface area contributed by atoms with E-state index in [0.29, 0.717) is 17.3 Å². The maximum Gasteiger partial charge on any atom is 0.242 e. The summed E-state index contributed by atoms with van der Waals surface area (Å²) in [5.41, 5.74) is 3.28. The highest BCUT2D eigenvalue weighted by molar-refractivity contribution is 7.99.